The average Bonchev–Trinajstić information content (AvgIpc) is 2.99. The molecule has 0 aliphatic heterocycles. The van der Waals surface area contributed by atoms with E-state index in [1.807, 2.05) is 0 Å². The molecular formula is C16H22F2N2O. The van der Waals surface area contributed by atoms with Crippen LogP contribution >= 0.6 is 0 Å². The van der Waals surface area contributed by atoms with Crippen molar-refractivity contribution in [2.45, 2.75) is 44.7 Å². The predicted molar refractivity (Wildman–Crippen MR) is 77.8 cm³/mol. The topological polar surface area (TPSA) is 32.3 Å². The van der Waals surface area contributed by atoms with Crippen molar-refractivity contribution in [1.29, 1.82) is 0 Å². The Labute approximate surface area is 124 Å². The van der Waals surface area contributed by atoms with Gasteiger partial charge in [0.2, 0.25) is 5.91 Å². The first-order chi connectivity index (χ1) is 9.99. The first-order valence-corrected chi connectivity index (χ1v) is 7.43. The van der Waals surface area contributed by atoms with Gasteiger partial charge < -0.3 is 10.2 Å². The molecule has 1 fully saturated rings. The van der Waals surface area contributed by atoms with E-state index in [0.717, 1.165) is 31.0 Å². The first kappa shape index (κ1) is 15.9. The Balaban J connectivity index is 1.95. The van der Waals surface area contributed by atoms with Crippen LogP contribution in [0.4, 0.5) is 8.78 Å². The molecule has 1 N–H and O–H groups in total. The summed E-state index contributed by atoms with van der Waals surface area (Å²) in [6, 6.07) is 3.22. The minimum atomic E-state index is -0.501. The number of hydrogen-bond acceptors (Lipinski definition) is 2. The molecule has 1 saturated carbocycles. The number of hydrogen-bond donors (Lipinski definition) is 1. The summed E-state index contributed by atoms with van der Waals surface area (Å²) in [7, 11) is 1.62. The number of rotatable bonds is 5. The Morgan fingerprint density at radius 2 is 2.05 bits per heavy atom. The van der Waals surface area contributed by atoms with E-state index in [9.17, 15) is 13.6 Å². The van der Waals surface area contributed by atoms with E-state index >= 15 is 0 Å². The highest BCUT2D eigenvalue weighted by molar-refractivity contribution is 5.78. The van der Waals surface area contributed by atoms with Crippen LogP contribution in [0.2, 0.25) is 0 Å². The third-order valence-corrected chi connectivity index (χ3v) is 4.28. The second-order valence-corrected chi connectivity index (χ2v) is 5.71. The van der Waals surface area contributed by atoms with Crippen molar-refractivity contribution >= 4 is 5.91 Å². The van der Waals surface area contributed by atoms with Crippen molar-refractivity contribution in [2.24, 2.45) is 0 Å². The Kier molecular flexibility index (Phi) is 5.28. The lowest BCUT2D eigenvalue weighted by atomic mass is 10.1. The number of halogens is 2. The van der Waals surface area contributed by atoms with Crippen LogP contribution in [0, 0.1) is 11.6 Å². The molecule has 1 aliphatic carbocycles. The summed E-state index contributed by atoms with van der Waals surface area (Å²) in [5.41, 5.74) is 0.201. The lowest BCUT2D eigenvalue weighted by Gasteiger charge is -2.26. The Hall–Kier alpha value is -1.49. The van der Waals surface area contributed by atoms with Gasteiger partial charge in [-0.25, -0.2) is 8.78 Å². The lowest BCUT2D eigenvalue weighted by Crippen LogP contribution is -2.40. The Morgan fingerprint density at radius 1 is 1.38 bits per heavy atom. The zero-order valence-corrected chi connectivity index (χ0v) is 12.5. The van der Waals surface area contributed by atoms with Gasteiger partial charge in [0.05, 0.1) is 12.6 Å². The fourth-order valence-corrected chi connectivity index (χ4v) is 2.75. The third kappa shape index (κ3) is 4.00. The average molecular weight is 296 g/mol. The molecule has 1 amide bonds. The van der Waals surface area contributed by atoms with Gasteiger partial charge in [-0.15, -0.1) is 0 Å². The van der Waals surface area contributed by atoms with E-state index in [-0.39, 0.29) is 18.0 Å². The summed E-state index contributed by atoms with van der Waals surface area (Å²) >= 11 is 0. The van der Waals surface area contributed by atoms with Crippen LogP contribution in [0.25, 0.3) is 0 Å². The van der Waals surface area contributed by atoms with Crippen molar-refractivity contribution < 1.29 is 13.6 Å². The zero-order chi connectivity index (χ0) is 15.4. The molecule has 0 radical (unpaired) electrons. The second-order valence-electron chi connectivity index (χ2n) is 5.71. The summed E-state index contributed by atoms with van der Waals surface area (Å²) in [4.78, 5) is 13.6. The van der Waals surface area contributed by atoms with Gasteiger partial charge in [-0.05, 0) is 38.0 Å². The quantitative estimate of drug-likeness (QED) is 0.906. The summed E-state index contributed by atoms with van der Waals surface area (Å²) in [6.45, 7) is 1.94. The lowest BCUT2D eigenvalue weighted by molar-refractivity contribution is -0.131. The SMILES string of the molecule is CC(c1cc(F)ccc1F)N(C)C(=O)CNC1CCCC1. The fourth-order valence-electron chi connectivity index (χ4n) is 2.75. The Morgan fingerprint density at radius 3 is 2.71 bits per heavy atom. The molecule has 116 valence electrons. The van der Waals surface area contributed by atoms with Gasteiger partial charge in [-0.3, -0.25) is 4.79 Å². The van der Waals surface area contributed by atoms with Crippen molar-refractivity contribution in [3.05, 3.63) is 35.4 Å². The third-order valence-electron chi connectivity index (χ3n) is 4.28. The summed E-state index contributed by atoms with van der Waals surface area (Å²) in [6.07, 6.45) is 4.61. The molecular weight excluding hydrogens is 274 g/mol. The summed E-state index contributed by atoms with van der Waals surface area (Å²) in [5.74, 6) is -1.10. The highest BCUT2D eigenvalue weighted by Crippen LogP contribution is 2.23. The van der Waals surface area contributed by atoms with Crippen molar-refractivity contribution in [1.82, 2.24) is 10.2 Å². The molecule has 0 aromatic heterocycles. The van der Waals surface area contributed by atoms with Crippen molar-refractivity contribution in [3.8, 4) is 0 Å². The normalized spacial score (nSPS) is 17.0. The van der Waals surface area contributed by atoms with E-state index in [1.165, 1.54) is 17.7 Å². The van der Waals surface area contributed by atoms with Gasteiger partial charge in [0, 0.05) is 18.7 Å². The molecule has 3 nitrogen and oxygen atoms in total. The van der Waals surface area contributed by atoms with Crippen LogP contribution in [0.5, 0.6) is 0 Å². The largest absolute Gasteiger partial charge is 0.338 e. The van der Waals surface area contributed by atoms with Gasteiger partial charge in [0.15, 0.2) is 0 Å². The van der Waals surface area contributed by atoms with Crippen LogP contribution in [0.1, 0.15) is 44.2 Å². The van der Waals surface area contributed by atoms with Gasteiger partial charge in [-0.1, -0.05) is 12.8 Å². The van der Waals surface area contributed by atoms with Gasteiger partial charge in [-0.2, -0.15) is 0 Å². The fraction of sp³-hybridized carbons (Fsp3) is 0.562. The molecule has 1 unspecified atom stereocenters. The molecule has 1 aliphatic rings. The molecule has 1 atom stereocenters. The zero-order valence-electron chi connectivity index (χ0n) is 12.5. The van der Waals surface area contributed by atoms with E-state index in [0.29, 0.717) is 6.04 Å². The maximum atomic E-state index is 13.8. The molecule has 0 spiro atoms. The van der Waals surface area contributed by atoms with E-state index < -0.39 is 17.7 Å². The van der Waals surface area contributed by atoms with Gasteiger partial charge in [0.1, 0.15) is 11.6 Å². The van der Waals surface area contributed by atoms with Crippen LogP contribution in [-0.4, -0.2) is 30.4 Å². The van der Waals surface area contributed by atoms with Crippen LogP contribution in [0.15, 0.2) is 18.2 Å². The molecule has 0 heterocycles. The number of nitrogens with one attached hydrogen (secondary N) is 1. The molecule has 21 heavy (non-hydrogen) atoms. The van der Waals surface area contributed by atoms with E-state index in [2.05, 4.69) is 5.32 Å². The van der Waals surface area contributed by atoms with Gasteiger partial charge >= 0.3 is 0 Å². The van der Waals surface area contributed by atoms with E-state index in [4.69, 9.17) is 0 Å². The van der Waals surface area contributed by atoms with Crippen LogP contribution < -0.4 is 5.32 Å². The first-order valence-electron chi connectivity index (χ1n) is 7.43. The molecule has 5 heteroatoms. The second kappa shape index (κ2) is 6.98. The monoisotopic (exact) mass is 296 g/mol. The maximum absolute atomic E-state index is 13.8. The number of likely N-dealkylation sites (N-methyl/N-ethyl adjacent to an activating group) is 1. The minimum absolute atomic E-state index is 0.113. The summed E-state index contributed by atoms with van der Waals surface area (Å²) < 4.78 is 27.0. The summed E-state index contributed by atoms with van der Waals surface area (Å²) in [5, 5.41) is 3.24. The predicted octanol–water partition coefficient (Wildman–Crippen LogP) is 3.02. The number of carbonyl (C=O) groups excluding carboxylic acids is 1. The molecule has 1 aromatic carbocycles. The molecule has 0 saturated heterocycles. The number of carbonyl (C=O) groups is 1. The smallest absolute Gasteiger partial charge is 0.236 e. The van der Waals surface area contributed by atoms with Crippen molar-refractivity contribution in [2.75, 3.05) is 13.6 Å². The number of amides is 1. The molecule has 1 aromatic rings. The minimum Gasteiger partial charge on any atom is -0.338 e. The van der Waals surface area contributed by atoms with Crippen LogP contribution in [-0.2, 0) is 4.79 Å². The van der Waals surface area contributed by atoms with Crippen molar-refractivity contribution in [3.63, 3.8) is 0 Å². The highest BCUT2D eigenvalue weighted by Gasteiger charge is 2.22. The van der Waals surface area contributed by atoms with E-state index in [1.54, 1.807) is 14.0 Å². The maximum Gasteiger partial charge on any atom is 0.236 e. The standard InChI is InChI=1S/C16H22F2N2O/c1-11(14-9-12(17)7-8-15(14)18)20(2)16(21)10-19-13-5-3-4-6-13/h7-9,11,13,19H,3-6,10H2,1-2H3. The Bertz CT molecular complexity index is 501. The van der Waals surface area contributed by atoms with Crippen LogP contribution in [0.3, 0.4) is 0 Å². The highest BCUT2D eigenvalue weighted by atomic mass is 19.1. The number of benzene rings is 1. The van der Waals surface area contributed by atoms with Gasteiger partial charge in [0.25, 0.3) is 0 Å². The number of nitrogens with zero attached hydrogens (tertiary/aromatic N) is 1. The molecule has 2 rings (SSSR count). The molecule has 0 bridgehead atoms.